The topological polar surface area (TPSA) is 45.2 Å². The molecule has 22 heavy (non-hydrogen) atoms. The number of nitrogens with one attached hydrogen (secondary N) is 1. The van der Waals surface area contributed by atoms with Crippen molar-refractivity contribution in [2.45, 2.75) is 19.6 Å². The third-order valence-electron chi connectivity index (χ3n) is 3.31. The highest BCUT2D eigenvalue weighted by molar-refractivity contribution is 7.09. The molecule has 1 aliphatic heterocycles. The lowest BCUT2D eigenvalue weighted by Gasteiger charge is -2.33. The van der Waals surface area contributed by atoms with Gasteiger partial charge in [-0.05, 0) is 24.6 Å². The lowest BCUT2D eigenvalue weighted by molar-refractivity contribution is -0.119. The molecule has 1 unspecified atom stereocenters. The number of hydrogen-bond donors (Lipinski definition) is 1. The predicted molar refractivity (Wildman–Crippen MR) is 88.9 cm³/mol. The standard InChI is InChI=1S/C15H13Cl2N3OS/c1-9-18-13(8-22-9)15-19-14(21)4-5-20(15)7-10-2-3-11(16)6-12(10)17/h2-6,8,15H,7H2,1H3,(H,19,21). The number of carbonyl (C=O) groups is 1. The van der Waals surface area contributed by atoms with E-state index in [9.17, 15) is 4.79 Å². The van der Waals surface area contributed by atoms with Crippen molar-refractivity contribution in [1.29, 1.82) is 0 Å². The molecule has 1 aromatic heterocycles. The Kier molecular flexibility index (Phi) is 4.38. The number of aromatic nitrogens is 1. The largest absolute Gasteiger partial charge is 0.348 e. The van der Waals surface area contributed by atoms with Crippen LogP contribution in [0.3, 0.4) is 0 Å². The average Bonchev–Trinajstić information content (AvgIpc) is 2.90. The molecule has 1 aromatic carbocycles. The van der Waals surface area contributed by atoms with E-state index in [-0.39, 0.29) is 12.1 Å². The minimum absolute atomic E-state index is 0.130. The molecule has 0 radical (unpaired) electrons. The van der Waals surface area contributed by atoms with Crippen LogP contribution in [0.4, 0.5) is 0 Å². The Morgan fingerprint density at radius 3 is 2.91 bits per heavy atom. The molecule has 7 heteroatoms. The fraction of sp³-hybridized carbons (Fsp3) is 0.200. The Hall–Kier alpha value is -1.56. The maximum absolute atomic E-state index is 11.7. The van der Waals surface area contributed by atoms with E-state index in [1.54, 1.807) is 29.7 Å². The van der Waals surface area contributed by atoms with Gasteiger partial charge in [0.05, 0.1) is 10.7 Å². The van der Waals surface area contributed by atoms with Crippen LogP contribution in [-0.4, -0.2) is 15.8 Å². The first kappa shape index (κ1) is 15.3. The van der Waals surface area contributed by atoms with Crippen molar-refractivity contribution in [3.63, 3.8) is 0 Å². The highest BCUT2D eigenvalue weighted by atomic mass is 35.5. The fourth-order valence-corrected chi connectivity index (χ4v) is 3.35. The van der Waals surface area contributed by atoms with Gasteiger partial charge in [0, 0.05) is 34.2 Å². The van der Waals surface area contributed by atoms with Gasteiger partial charge in [0.2, 0.25) is 5.91 Å². The summed E-state index contributed by atoms with van der Waals surface area (Å²) in [6.45, 7) is 2.49. The summed E-state index contributed by atoms with van der Waals surface area (Å²) < 4.78 is 0. The molecule has 1 amide bonds. The van der Waals surface area contributed by atoms with Gasteiger partial charge in [-0.2, -0.15) is 0 Å². The van der Waals surface area contributed by atoms with Gasteiger partial charge >= 0.3 is 0 Å². The van der Waals surface area contributed by atoms with Gasteiger partial charge in [0.15, 0.2) is 0 Å². The van der Waals surface area contributed by atoms with Crippen molar-refractivity contribution >= 4 is 40.4 Å². The van der Waals surface area contributed by atoms with E-state index in [0.29, 0.717) is 16.6 Å². The number of amides is 1. The van der Waals surface area contributed by atoms with E-state index in [1.807, 2.05) is 23.3 Å². The number of nitrogens with zero attached hydrogens (tertiary/aromatic N) is 2. The predicted octanol–water partition coefficient (Wildman–Crippen LogP) is 3.90. The van der Waals surface area contributed by atoms with Crippen LogP contribution >= 0.6 is 34.5 Å². The first-order valence-corrected chi connectivity index (χ1v) is 8.27. The third kappa shape index (κ3) is 3.27. The summed E-state index contributed by atoms with van der Waals surface area (Å²) in [7, 11) is 0. The van der Waals surface area contributed by atoms with Crippen LogP contribution in [0.5, 0.6) is 0 Å². The average molecular weight is 354 g/mol. The van der Waals surface area contributed by atoms with Crippen LogP contribution in [0.15, 0.2) is 35.9 Å². The van der Waals surface area contributed by atoms with Crippen LogP contribution in [0.1, 0.15) is 22.4 Å². The molecule has 0 fully saturated rings. The Bertz CT molecular complexity index is 744. The molecule has 0 spiro atoms. The zero-order valence-electron chi connectivity index (χ0n) is 11.7. The van der Waals surface area contributed by atoms with Gasteiger partial charge in [-0.1, -0.05) is 29.3 Å². The second kappa shape index (κ2) is 6.28. The normalized spacial score (nSPS) is 17.7. The molecule has 0 bridgehead atoms. The molecule has 1 aliphatic rings. The summed E-state index contributed by atoms with van der Waals surface area (Å²) in [5.74, 6) is -0.130. The minimum Gasteiger partial charge on any atom is -0.348 e. The first-order valence-electron chi connectivity index (χ1n) is 6.63. The van der Waals surface area contributed by atoms with E-state index in [4.69, 9.17) is 23.2 Å². The molecule has 114 valence electrons. The van der Waals surface area contributed by atoms with Crippen molar-refractivity contribution in [1.82, 2.24) is 15.2 Å². The highest BCUT2D eigenvalue weighted by Gasteiger charge is 2.25. The number of hydrogen-bond acceptors (Lipinski definition) is 4. The number of rotatable bonds is 3. The number of halogens is 2. The first-order chi connectivity index (χ1) is 10.5. The molecule has 1 atom stereocenters. The lowest BCUT2D eigenvalue weighted by atomic mass is 10.2. The van der Waals surface area contributed by atoms with E-state index in [0.717, 1.165) is 16.3 Å². The van der Waals surface area contributed by atoms with Crippen LogP contribution < -0.4 is 5.32 Å². The van der Waals surface area contributed by atoms with Crippen LogP contribution in [0.2, 0.25) is 10.0 Å². The van der Waals surface area contributed by atoms with Crippen molar-refractivity contribution in [3.8, 4) is 0 Å². The van der Waals surface area contributed by atoms with E-state index >= 15 is 0 Å². The van der Waals surface area contributed by atoms with Crippen LogP contribution in [0, 0.1) is 6.92 Å². The summed E-state index contributed by atoms with van der Waals surface area (Å²) >= 11 is 13.7. The zero-order valence-corrected chi connectivity index (χ0v) is 14.0. The number of thiazole rings is 1. The van der Waals surface area contributed by atoms with Gasteiger partial charge in [-0.25, -0.2) is 4.98 Å². The fourth-order valence-electron chi connectivity index (χ4n) is 2.26. The summed E-state index contributed by atoms with van der Waals surface area (Å²) in [6.07, 6.45) is 2.97. The Balaban J connectivity index is 1.89. The number of carbonyl (C=O) groups excluding carboxylic acids is 1. The second-order valence-corrected chi connectivity index (χ2v) is 6.83. The molecule has 0 saturated carbocycles. The van der Waals surface area contributed by atoms with Crippen LogP contribution in [0.25, 0.3) is 0 Å². The number of benzene rings is 1. The summed E-state index contributed by atoms with van der Waals surface area (Å²) in [4.78, 5) is 18.1. The molecule has 3 rings (SSSR count). The van der Waals surface area contributed by atoms with Crippen molar-refractivity contribution in [3.05, 3.63) is 62.2 Å². The molecule has 0 saturated heterocycles. The molecule has 1 N–H and O–H groups in total. The monoisotopic (exact) mass is 353 g/mol. The Morgan fingerprint density at radius 1 is 1.41 bits per heavy atom. The van der Waals surface area contributed by atoms with Crippen molar-refractivity contribution in [2.75, 3.05) is 0 Å². The van der Waals surface area contributed by atoms with Gasteiger partial charge in [-0.3, -0.25) is 4.79 Å². The highest BCUT2D eigenvalue weighted by Crippen LogP contribution is 2.28. The Morgan fingerprint density at radius 2 is 2.23 bits per heavy atom. The second-order valence-electron chi connectivity index (χ2n) is 4.93. The third-order valence-corrected chi connectivity index (χ3v) is 4.69. The molecular formula is C15H13Cl2N3OS. The van der Waals surface area contributed by atoms with Crippen molar-refractivity contribution < 1.29 is 4.79 Å². The molecule has 2 aromatic rings. The number of aryl methyl sites for hydroxylation is 1. The summed E-state index contributed by atoms with van der Waals surface area (Å²) in [5.41, 5.74) is 1.76. The van der Waals surface area contributed by atoms with E-state index in [2.05, 4.69) is 10.3 Å². The van der Waals surface area contributed by atoms with E-state index < -0.39 is 0 Å². The molecule has 0 aliphatic carbocycles. The van der Waals surface area contributed by atoms with Gasteiger partial charge < -0.3 is 10.2 Å². The maximum atomic E-state index is 11.7. The SMILES string of the molecule is Cc1nc(C2NC(=O)C=CN2Cc2ccc(Cl)cc2Cl)cs1. The van der Waals surface area contributed by atoms with Crippen LogP contribution in [-0.2, 0) is 11.3 Å². The smallest absolute Gasteiger partial charge is 0.247 e. The van der Waals surface area contributed by atoms with Gasteiger partial charge in [-0.15, -0.1) is 11.3 Å². The minimum atomic E-state index is -0.297. The summed E-state index contributed by atoms with van der Waals surface area (Å²) in [5, 5.41) is 7.04. The Labute approximate surface area is 142 Å². The molecule has 2 heterocycles. The van der Waals surface area contributed by atoms with Gasteiger partial charge in [0.1, 0.15) is 6.17 Å². The van der Waals surface area contributed by atoms with Crippen molar-refractivity contribution in [2.24, 2.45) is 0 Å². The van der Waals surface area contributed by atoms with Gasteiger partial charge in [0.25, 0.3) is 0 Å². The molecular weight excluding hydrogens is 341 g/mol. The molecule has 4 nitrogen and oxygen atoms in total. The quantitative estimate of drug-likeness (QED) is 0.909. The van der Waals surface area contributed by atoms with E-state index in [1.165, 1.54) is 6.08 Å². The maximum Gasteiger partial charge on any atom is 0.247 e. The summed E-state index contributed by atoms with van der Waals surface area (Å²) in [6, 6.07) is 5.40. The zero-order chi connectivity index (χ0) is 15.7. The lowest BCUT2D eigenvalue weighted by Crippen LogP contribution is -2.41.